The quantitative estimate of drug-likeness (QED) is 0.566. The molecule has 0 amide bonds. The number of ether oxygens (including phenoxy) is 1. The van der Waals surface area contributed by atoms with E-state index in [9.17, 15) is 0 Å². The number of likely N-dealkylation sites (N-methyl/N-ethyl adjacent to an activating group) is 1. The fourth-order valence-electron chi connectivity index (χ4n) is 1.32. The van der Waals surface area contributed by atoms with E-state index in [1.807, 2.05) is 0 Å². The number of aliphatic hydroxyl groups excluding tert-OH is 1. The summed E-state index contributed by atoms with van der Waals surface area (Å²) in [6.07, 6.45) is 3.21. The number of nitrogens with zero attached hydrogens (tertiary/aromatic N) is 1. The van der Waals surface area contributed by atoms with Crippen LogP contribution in [-0.2, 0) is 4.74 Å². The molecule has 0 aliphatic carbocycles. The molecule has 0 atom stereocenters. The smallest absolute Gasteiger partial charge is 0.0593 e. The Morgan fingerprint density at radius 1 is 1.13 bits per heavy atom. The van der Waals surface area contributed by atoms with Crippen LogP contribution in [0.25, 0.3) is 0 Å². The summed E-state index contributed by atoms with van der Waals surface area (Å²) in [6, 6.07) is 0. The van der Waals surface area contributed by atoms with Gasteiger partial charge in [0.25, 0.3) is 0 Å². The maximum Gasteiger partial charge on any atom is 0.0593 e. The van der Waals surface area contributed by atoms with Crippen molar-refractivity contribution in [3.63, 3.8) is 0 Å². The van der Waals surface area contributed by atoms with Crippen molar-refractivity contribution in [3.05, 3.63) is 0 Å². The van der Waals surface area contributed by atoms with Crippen LogP contribution in [0, 0.1) is 5.92 Å². The van der Waals surface area contributed by atoms with Gasteiger partial charge in [0, 0.05) is 19.8 Å². The molecule has 0 aromatic rings. The topological polar surface area (TPSA) is 32.7 Å². The van der Waals surface area contributed by atoms with E-state index in [-0.39, 0.29) is 0 Å². The fraction of sp³-hybridized carbons (Fsp3) is 1.00. The van der Waals surface area contributed by atoms with Gasteiger partial charge in [-0.05, 0) is 38.8 Å². The molecule has 0 spiro atoms. The van der Waals surface area contributed by atoms with Gasteiger partial charge in [0.2, 0.25) is 0 Å². The number of rotatable bonds is 10. The molecule has 0 aromatic carbocycles. The standard InChI is InChI=1S/C12H27NO2/c1-12(2)11-15-10-8-13(3)7-5-4-6-9-14/h12,14H,4-11H2,1-3H3. The predicted octanol–water partition coefficient (Wildman–Crippen LogP) is 1.75. The van der Waals surface area contributed by atoms with Crippen molar-refractivity contribution < 1.29 is 9.84 Å². The molecule has 0 aliphatic rings. The normalized spacial score (nSPS) is 11.6. The average Bonchev–Trinajstić information content (AvgIpc) is 2.19. The summed E-state index contributed by atoms with van der Waals surface area (Å²) in [6.45, 7) is 8.45. The lowest BCUT2D eigenvalue weighted by atomic mass is 10.2. The van der Waals surface area contributed by atoms with Gasteiger partial charge in [-0.25, -0.2) is 0 Å². The second-order valence-electron chi connectivity index (χ2n) is 4.56. The van der Waals surface area contributed by atoms with Crippen molar-refractivity contribution in [2.24, 2.45) is 5.92 Å². The van der Waals surface area contributed by atoms with Gasteiger partial charge in [-0.1, -0.05) is 13.8 Å². The van der Waals surface area contributed by atoms with Crippen LogP contribution in [-0.4, -0.2) is 50.0 Å². The van der Waals surface area contributed by atoms with Crippen molar-refractivity contribution in [1.29, 1.82) is 0 Å². The molecule has 0 saturated carbocycles. The lowest BCUT2D eigenvalue weighted by Crippen LogP contribution is -2.25. The van der Waals surface area contributed by atoms with E-state index >= 15 is 0 Å². The summed E-state index contributed by atoms with van der Waals surface area (Å²) in [7, 11) is 2.12. The first-order chi connectivity index (χ1) is 7.16. The SMILES string of the molecule is CC(C)COCCN(C)CCCCCO. The number of unbranched alkanes of at least 4 members (excludes halogenated alkanes) is 2. The Balaban J connectivity index is 3.15. The first-order valence-electron chi connectivity index (χ1n) is 6.04. The second kappa shape index (κ2) is 10.4. The maximum atomic E-state index is 8.62. The number of hydrogen-bond acceptors (Lipinski definition) is 3. The summed E-state index contributed by atoms with van der Waals surface area (Å²) in [5, 5.41) is 8.62. The Bertz CT molecular complexity index is 129. The molecule has 0 saturated heterocycles. The molecular formula is C12H27NO2. The fourth-order valence-corrected chi connectivity index (χ4v) is 1.32. The lowest BCUT2D eigenvalue weighted by Gasteiger charge is -2.16. The zero-order valence-corrected chi connectivity index (χ0v) is 10.5. The highest BCUT2D eigenvalue weighted by Gasteiger charge is 1.99. The van der Waals surface area contributed by atoms with Gasteiger partial charge in [0.05, 0.1) is 6.61 Å². The Hall–Kier alpha value is -0.120. The van der Waals surface area contributed by atoms with Gasteiger partial charge in [0.1, 0.15) is 0 Å². The van der Waals surface area contributed by atoms with Crippen LogP contribution in [0.3, 0.4) is 0 Å². The van der Waals surface area contributed by atoms with E-state index < -0.39 is 0 Å². The highest BCUT2D eigenvalue weighted by molar-refractivity contribution is 4.52. The highest BCUT2D eigenvalue weighted by atomic mass is 16.5. The maximum absolute atomic E-state index is 8.62. The van der Waals surface area contributed by atoms with Crippen molar-refractivity contribution >= 4 is 0 Å². The third kappa shape index (κ3) is 11.8. The summed E-state index contributed by atoms with van der Waals surface area (Å²) < 4.78 is 5.51. The van der Waals surface area contributed by atoms with Crippen LogP contribution in [0.1, 0.15) is 33.1 Å². The molecule has 0 heterocycles. The molecule has 0 radical (unpaired) electrons. The van der Waals surface area contributed by atoms with E-state index in [1.54, 1.807) is 0 Å². The van der Waals surface area contributed by atoms with Gasteiger partial charge >= 0.3 is 0 Å². The first kappa shape index (κ1) is 14.9. The molecule has 92 valence electrons. The van der Waals surface area contributed by atoms with Gasteiger partial charge in [0.15, 0.2) is 0 Å². The van der Waals surface area contributed by atoms with Crippen LogP contribution in [0.15, 0.2) is 0 Å². The highest BCUT2D eigenvalue weighted by Crippen LogP contribution is 1.97. The van der Waals surface area contributed by atoms with Crippen molar-refractivity contribution in [3.8, 4) is 0 Å². The summed E-state index contributed by atoms with van der Waals surface area (Å²) in [4.78, 5) is 2.29. The summed E-state index contributed by atoms with van der Waals surface area (Å²) >= 11 is 0. The summed E-state index contributed by atoms with van der Waals surface area (Å²) in [5.41, 5.74) is 0. The Kier molecular flexibility index (Phi) is 10.3. The third-order valence-corrected chi connectivity index (χ3v) is 2.27. The molecule has 3 nitrogen and oxygen atoms in total. The van der Waals surface area contributed by atoms with E-state index in [0.29, 0.717) is 12.5 Å². The molecule has 0 aromatic heterocycles. The molecule has 0 unspecified atom stereocenters. The van der Waals surface area contributed by atoms with Crippen LogP contribution in [0.4, 0.5) is 0 Å². The Labute approximate surface area is 94.4 Å². The van der Waals surface area contributed by atoms with E-state index in [1.165, 1.54) is 6.42 Å². The van der Waals surface area contributed by atoms with Gasteiger partial charge in [-0.15, -0.1) is 0 Å². The van der Waals surface area contributed by atoms with Gasteiger partial charge in [-0.3, -0.25) is 0 Å². The Morgan fingerprint density at radius 3 is 2.47 bits per heavy atom. The van der Waals surface area contributed by atoms with Crippen molar-refractivity contribution in [2.75, 3.05) is 40.0 Å². The molecule has 1 N–H and O–H groups in total. The Morgan fingerprint density at radius 2 is 1.87 bits per heavy atom. The lowest BCUT2D eigenvalue weighted by molar-refractivity contribution is 0.0911. The largest absolute Gasteiger partial charge is 0.396 e. The molecule has 0 bridgehead atoms. The van der Waals surface area contributed by atoms with E-state index in [0.717, 1.165) is 39.1 Å². The molecule has 0 fully saturated rings. The van der Waals surface area contributed by atoms with Gasteiger partial charge < -0.3 is 14.7 Å². The molecule has 3 heteroatoms. The van der Waals surface area contributed by atoms with Crippen LogP contribution < -0.4 is 0 Å². The number of hydrogen-bond donors (Lipinski definition) is 1. The average molecular weight is 217 g/mol. The zero-order chi connectivity index (χ0) is 11.5. The minimum absolute atomic E-state index is 0.321. The predicted molar refractivity (Wildman–Crippen MR) is 64.1 cm³/mol. The van der Waals surface area contributed by atoms with Crippen molar-refractivity contribution in [2.45, 2.75) is 33.1 Å². The molecule has 0 aliphatic heterocycles. The van der Waals surface area contributed by atoms with E-state index in [4.69, 9.17) is 9.84 Å². The van der Waals surface area contributed by atoms with Crippen LogP contribution >= 0.6 is 0 Å². The monoisotopic (exact) mass is 217 g/mol. The third-order valence-electron chi connectivity index (χ3n) is 2.27. The zero-order valence-electron chi connectivity index (χ0n) is 10.5. The minimum Gasteiger partial charge on any atom is -0.396 e. The first-order valence-corrected chi connectivity index (χ1v) is 6.04. The minimum atomic E-state index is 0.321. The molecular weight excluding hydrogens is 190 g/mol. The second-order valence-corrected chi connectivity index (χ2v) is 4.56. The molecule has 15 heavy (non-hydrogen) atoms. The summed E-state index contributed by atoms with van der Waals surface area (Å²) in [5.74, 6) is 0.625. The van der Waals surface area contributed by atoms with Crippen molar-refractivity contribution in [1.82, 2.24) is 4.90 Å². The van der Waals surface area contributed by atoms with Crippen LogP contribution in [0.5, 0.6) is 0 Å². The van der Waals surface area contributed by atoms with Crippen LogP contribution in [0.2, 0.25) is 0 Å². The number of aliphatic hydroxyl groups is 1. The van der Waals surface area contributed by atoms with E-state index in [2.05, 4.69) is 25.8 Å². The molecule has 0 rings (SSSR count). The van der Waals surface area contributed by atoms with Gasteiger partial charge in [-0.2, -0.15) is 0 Å².